The minimum atomic E-state index is 0.814. The molecule has 0 N–H and O–H groups in total. The van der Waals surface area contributed by atoms with Gasteiger partial charge in [-0.15, -0.1) is 19.7 Å². The van der Waals surface area contributed by atoms with E-state index < -0.39 is 0 Å². The molecular formula is C15H18N. The van der Waals surface area contributed by atoms with Crippen LogP contribution in [0.5, 0.6) is 0 Å². The lowest BCUT2D eigenvalue weighted by Gasteiger charge is -2.24. The summed E-state index contributed by atoms with van der Waals surface area (Å²) >= 11 is 0. The molecule has 0 saturated carbocycles. The second-order valence-corrected chi connectivity index (χ2v) is 3.44. The Labute approximate surface area is 98.4 Å². The van der Waals surface area contributed by atoms with Gasteiger partial charge < -0.3 is 4.90 Å². The predicted molar refractivity (Wildman–Crippen MR) is 72.6 cm³/mol. The summed E-state index contributed by atoms with van der Waals surface area (Å²) in [4.78, 5) is 2.22. The highest BCUT2D eigenvalue weighted by molar-refractivity contribution is 5.58. The molecule has 0 spiro atoms. The predicted octanol–water partition coefficient (Wildman–Crippen LogP) is 3.60. The van der Waals surface area contributed by atoms with E-state index in [2.05, 4.69) is 36.8 Å². The summed E-state index contributed by atoms with van der Waals surface area (Å²) in [6, 6.07) is 8.24. The average molecular weight is 212 g/mol. The Bertz CT molecular complexity index is 355. The van der Waals surface area contributed by atoms with Crippen molar-refractivity contribution in [2.75, 3.05) is 18.0 Å². The van der Waals surface area contributed by atoms with E-state index in [4.69, 9.17) is 0 Å². The van der Waals surface area contributed by atoms with Gasteiger partial charge in [0.05, 0.1) is 0 Å². The van der Waals surface area contributed by atoms with Gasteiger partial charge in [-0.2, -0.15) is 0 Å². The first-order valence-corrected chi connectivity index (χ1v) is 5.35. The number of hydrogen-bond acceptors (Lipinski definition) is 1. The van der Waals surface area contributed by atoms with Gasteiger partial charge in [-0.25, -0.2) is 0 Å². The molecule has 0 saturated heterocycles. The Kier molecular flexibility index (Phi) is 5.13. The molecule has 1 heteroatoms. The SMILES string of the molecule is C=C[CH]c1ccccc1N(CC=C)CC=C. The van der Waals surface area contributed by atoms with Gasteiger partial charge in [-0.05, 0) is 11.6 Å². The molecule has 16 heavy (non-hydrogen) atoms. The molecule has 0 aliphatic heterocycles. The number of nitrogens with zero attached hydrogens (tertiary/aromatic N) is 1. The van der Waals surface area contributed by atoms with E-state index in [1.165, 1.54) is 11.3 Å². The van der Waals surface area contributed by atoms with E-state index in [0.717, 1.165) is 13.1 Å². The third-order valence-electron chi connectivity index (χ3n) is 2.27. The van der Waals surface area contributed by atoms with Crippen LogP contribution < -0.4 is 4.90 Å². The van der Waals surface area contributed by atoms with Gasteiger partial charge >= 0.3 is 0 Å². The van der Waals surface area contributed by atoms with Crippen LogP contribution in [0.3, 0.4) is 0 Å². The molecule has 0 aliphatic rings. The summed E-state index contributed by atoms with van der Waals surface area (Å²) in [5, 5.41) is 0. The van der Waals surface area contributed by atoms with Crippen LogP contribution in [0.25, 0.3) is 0 Å². The summed E-state index contributed by atoms with van der Waals surface area (Å²) in [6.45, 7) is 12.9. The zero-order valence-electron chi connectivity index (χ0n) is 9.60. The van der Waals surface area contributed by atoms with Gasteiger partial charge in [0.25, 0.3) is 0 Å². The molecule has 0 amide bonds. The van der Waals surface area contributed by atoms with E-state index in [1.807, 2.05) is 30.7 Å². The van der Waals surface area contributed by atoms with E-state index in [0.29, 0.717) is 0 Å². The zero-order valence-corrected chi connectivity index (χ0v) is 9.60. The van der Waals surface area contributed by atoms with Crippen LogP contribution >= 0.6 is 0 Å². The van der Waals surface area contributed by atoms with Crippen molar-refractivity contribution in [3.05, 3.63) is 74.2 Å². The average Bonchev–Trinajstić information content (AvgIpc) is 2.30. The molecule has 1 aromatic carbocycles. The third-order valence-corrected chi connectivity index (χ3v) is 2.27. The molecule has 0 heterocycles. The third kappa shape index (κ3) is 3.13. The Morgan fingerprint density at radius 1 is 1.00 bits per heavy atom. The van der Waals surface area contributed by atoms with E-state index in [9.17, 15) is 0 Å². The van der Waals surface area contributed by atoms with Crippen molar-refractivity contribution < 1.29 is 0 Å². The number of para-hydroxylation sites is 1. The molecule has 1 rings (SSSR count). The van der Waals surface area contributed by atoms with Crippen LogP contribution in [-0.2, 0) is 0 Å². The minimum Gasteiger partial charge on any atom is -0.364 e. The molecule has 0 atom stereocenters. The fraction of sp³-hybridized carbons (Fsp3) is 0.133. The second-order valence-electron chi connectivity index (χ2n) is 3.44. The van der Waals surface area contributed by atoms with Crippen molar-refractivity contribution in [1.29, 1.82) is 0 Å². The van der Waals surface area contributed by atoms with Gasteiger partial charge in [0.2, 0.25) is 0 Å². The van der Waals surface area contributed by atoms with E-state index in [-0.39, 0.29) is 0 Å². The number of anilines is 1. The van der Waals surface area contributed by atoms with Gasteiger partial charge in [-0.1, -0.05) is 36.4 Å². The highest BCUT2D eigenvalue weighted by atomic mass is 15.1. The Morgan fingerprint density at radius 2 is 1.62 bits per heavy atom. The number of allylic oxidation sites excluding steroid dienone is 1. The second kappa shape index (κ2) is 6.67. The maximum Gasteiger partial charge on any atom is 0.0410 e. The molecule has 0 aliphatic carbocycles. The standard InChI is InChI=1S/C15H18N/c1-4-9-14-10-7-8-11-15(14)16(12-5-2)13-6-3/h4-11H,1-3,12-13H2. The first-order valence-electron chi connectivity index (χ1n) is 5.35. The van der Waals surface area contributed by atoms with Crippen LogP contribution in [0.1, 0.15) is 5.56 Å². The molecular weight excluding hydrogens is 194 g/mol. The van der Waals surface area contributed by atoms with Crippen LogP contribution in [0, 0.1) is 6.42 Å². The molecule has 0 aromatic heterocycles. The smallest absolute Gasteiger partial charge is 0.0410 e. The van der Waals surface area contributed by atoms with Gasteiger partial charge in [0.1, 0.15) is 0 Å². The fourth-order valence-electron chi connectivity index (χ4n) is 1.63. The first kappa shape index (κ1) is 12.3. The van der Waals surface area contributed by atoms with Crippen molar-refractivity contribution in [2.24, 2.45) is 0 Å². The van der Waals surface area contributed by atoms with Crippen LogP contribution in [0.2, 0.25) is 0 Å². The topological polar surface area (TPSA) is 3.24 Å². The fourth-order valence-corrected chi connectivity index (χ4v) is 1.63. The molecule has 1 radical (unpaired) electrons. The molecule has 1 nitrogen and oxygen atoms in total. The monoisotopic (exact) mass is 212 g/mol. The van der Waals surface area contributed by atoms with Crippen LogP contribution in [-0.4, -0.2) is 13.1 Å². The van der Waals surface area contributed by atoms with Gasteiger partial charge in [0.15, 0.2) is 0 Å². The zero-order chi connectivity index (χ0) is 11.8. The first-order chi connectivity index (χ1) is 7.83. The van der Waals surface area contributed by atoms with Crippen LogP contribution in [0.4, 0.5) is 5.69 Å². The maximum atomic E-state index is 3.78. The number of hydrogen-bond donors (Lipinski definition) is 0. The van der Waals surface area contributed by atoms with Crippen molar-refractivity contribution in [3.63, 3.8) is 0 Å². The van der Waals surface area contributed by atoms with Gasteiger partial charge in [-0.3, -0.25) is 0 Å². The Morgan fingerprint density at radius 3 is 2.19 bits per heavy atom. The largest absolute Gasteiger partial charge is 0.364 e. The molecule has 1 aromatic rings. The lowest BCUT2D eigenvalue weighted by molar-refractivity contribution is 0.952. The highest BCUT2D eigenvalue weighted by Gasteiger charge is 2.06. The Hall–Kier alpha value is -1.76. The highest BCUT2D eigenvalue weighted by Crippen LogP contribution is 2.22. The summed E-state index contributed by atoms with van der Waals surface area (Å²) in [5.41, 5.74) is 2.35. The molecule has 0 unspecified atom stereocenters. The van der Waals surface area contributed by atoms with Crippen molar-refractivity contribution in [1.82, 2.24) is 0 Å². The molecule has 0 fully saturated rings. The lowest BCUT2D eigenvalue weighted by atomic mass is 10.1. The summed E-state index contributed by atoms with van der Waals surface area (Å²) in [7, 11) is 0. The quantitative estimate of drug-likeness (QED) is 0.624. The summed E-state index contributed by atoms with van der Waals surface area (Å²) < 4.78 is 0. The van der Waals surface area contributed by atoms with Crippen molar-refractivity contribution in [2.45, 2.75) is 0 Å². The van der Waals surface area contributed by atoms with Crippen molar-refractivity contribution in [3.8, 4) is 0 Å². The molecule has 83 valence electrons. The van der Waals surface area contributed by atoms with Crippen molar-refractivity contribution >= 4 is 5.69 Å². The van der Waals surface area contributed by atoms with Gasteiger partial charge in [0, 0.05) is 25.2 Å². The van der Waals surface area contributed by atoms with Crippen LogP contribution in [0.15, 0.2) is 62.2 Å². The number of rotatable bonds is 7. The summed E-state index contributed by atoms with van der Waals surface area (Å²) in [6.07, 6.45) is 7.61. The minimum absolute atomic E-state index is 0.814. The lowest BCUT2D eigenvalue weighted by Crippen LogP contribution is -2.24. The molecule has 0 bridgehead atoms. The maximum absolute atomic E-state index is 3.78. The normalized spacial score (nSPS) is 9.50. The number of benzene rings is 1. The summed E-state index contributed by atoms with van der Waals surface area (Å²) in [5.74, 6) is 0. The van der Waals surface area contributed by atoms with E-state index in [1.54, 1.807) is 6.08 Å². The van der Waals surface area contributed by atoms with E-state index >= 15 is 0 Å². The Balaban J connectivity index is 3.00.